The van der Waals surface area contributed by atoms with E-state index in [1.54, 1.807) is 11.3 Å². The quantitative estimate of drug-likeness (QED) is 0.717. The normalized spacial score (nSPS) is 28.8. The summed E-state index contributed by atoms with van der Waals surface area (Å²) in [6.07, 6.45) is 2.60. The van der Waals surface area contributed by atoms with Crippen molar-refractivity contribution in [2.75, 3.05) is 6.54 Å². The molecular weight excluding hydrogens is 178 g/mol. The van der Waals surface area contributed by atoms with E-state index in [9.17, 15) is 0 Å². The van der Waals surface area contributed by atoms with Crippen LogP contribution in [-0.4, -0.2) is 23.5 Å². The van der Waals surface area contributed by atoms with E-state index < -0.39 is 0 Å². The van der Waals surface area contributed by atoms with Gasteiger partial charge in [-0.1, -0.05) is 0 Å². The molecule has 1 aliphatic rings. The summed E-state index contributed by atoms with van der Waals surface area (Å²) in [6, 6.07) is 3.86. The van der Waals surface area contributed by atoms with Gasteiger partial charge in [0.05, 0.1) is 0 Å². The van der Waals surface area contributed by atoms with E-state index in [0.29, 0.717) is 0 Å². The molecule has 1 aliphatic heterocycles. The second kappa shape index (κ2) is 3.81. The molecular formula is C11H17NS. The zero-order chi connectivity index (χ0) is 9.26. The number of likely N-dealkylation sites (tertiary alicyclic amines) is 1. The van der Waals surface area contributed by atoms with E-state index in [1.165, 1.54) is 24.9 Å². The van der Waals surface area contributed by atoms with Gasteiger partial charge in [0, 0.05) is 18.6 Å². The molecule has 0 N–H and O–H groups in total. The Hall–Kier alpha value is -0.340. The van der Waals surface area contributed by atoms with Crippen molar-refractivity contribution in [1.29, 1.82) is 0 Å². The smallest absolute Gasteiger partial charge is 0.00846 e. The van der Waals surface area contributed by atoms with Crippen molar-refractivity contribution < 1.29 is 0 Å². The lowest BCUT2D eigenvalue weighted by Crippen LogP contribution is -2.53. The zero-order valence-electron chi connectivity index (χ0n) is 8.36. The molecule has 1 nitrogen and oxygen atoms in total. The van der Waals surface area contributed by atoms with Crippen LogP contribution in [0.5, 0.6) is 0 Å². The van der Waals surface area contributed by atoms with Gasteiger partial charge >= 0.3 is 0 Å². The van der Waals surface area contributed by atoms with Gasteiger partial charge in [0.15, 0.2) is 0 Å². The summed E-state index contributed by atoms with van der Waals surface area (Å²) in [7, 11) is 0. The van der Waals surface area contributed by atoms with Gasteiger partial charge in [-0.2, -0.15) is 11.3 Å². The number of thiophene rings is 1. The summed E-state index contributed by atoms with van der Waals surface area (Å²) < 4.78 is 0. The Bertz CT molecular complexity index is 247. The topological polar surface area (TPSA) is 3.24 Å². The highest BCUT2D eigenvalue weighted by molar-refractivity contribution is 7.07. The molecule has 1 fully saturated rings. The minimum atomic E-state index is 0.814. The molecule has 1 aromatic rings. The van der Waals surface area contributed by atoms with Gasteiger partial charge in [-0.25, -0.2) is 0 Å². The highest BCUT2D eigenvalue weighted by Gasteiger charge is 2.30. The molecule has 72 valence electrons. The SMILES string of the molecule is CC1CC(C)N1CCc1ccsc1. The highest BCUT2D eigenvalue weighted by Crippen LogP contribution is 2.24. The van der Waals surface area contributed by atoms with Crippen LogP contribution in [0.3, 0.4) is 0 Å². The van der Waals surface area contributed by atoms with Gasteiger partial charge in [0.1, 0.15) is 0 Å². The molecule has 2 unspecified atom stereocenters. The third kappa shape index (κ3) is 1.94. The number of hydrogen-bond donors (Lipinski definition) is 0. The predicted molar refractivity (Wildman–Crippen MR) is 58.3 cm³/mol. The van der Waals surface area contributed by atoms with Crippen LogP contribution in [0.1, 0.15) is 25.8 Å². The van der Waals surface area contributed by atoms with Crippen molar-refractivity contribution in [1.82, 2.24) is 4.90 Å². The fraction of sp³-hybridized carbons (Fsp3) is 0.636. The molecule has 0 spiro atoms. The van der Waals surface area contributed by atoms with E-state index in [0.717, 1.165) is 12.1 Å². The lowest BCUT2D eigenvalue weighted by Gasteiger charge is -2.45. The third-order valence-corrected chi connectivity index (χ3v) is 3.79. The molecule has 13 heavy (non-hydrogen) atoms. The Morgan fingerprint density at radius 1 is 1.46 bits per heavy atom. The van der Waals surface area contributed by atoms with Gasteiger partial charge < -0.3 is 0 Å². The van der Waals surface area contributed by atoms with Crippen LogP contribution in [0.2, 0.25) is 0 Å². The molecule has 1 saturated heterocycles. The molecule has 0 aromatic carbocycles. The van der Waals surface area contributed by atoms with E-state index in [4.69, 9.17) is 0 Å². The maximum atomic E-state index is 2.59. The van der Waals surface area contributed by atoms with Crippen LogP contribution in [0.15, 0.2) is 16.8 Å². The molecule has 0 bridgehead atoms. The molecule has 0 radical (unpaired) electrons. The highest BCUT2D eigenvalue weighted by atomic mass is 32.1. The number of nitrogens with zero attached hydrogens (tertiary/aromatic N) is 1. The maximum absolute atomic E-state index is 2.59. The minimum absolute atomic E-state index is 0.814. The number of hydrogen-bond acceptors (Lipinski definition) is 2. The van der Waals surface area contributed by atoms with E-state index in [-0.39, 0.29) is 0 Å². The first-order valence-corrected chi connectivity index (χ1v) is 5.98. The molecule has 2 heteroatoms. The summed E-state index contributed by atoms with van der Waals surface area (Å²) in [6.45, 7) is 5.89. The zero-order valence-corrected chi connectivity index (χ0v) is 9.18. The van der Waals surface area contributed by atoms with Gasteiger partial charge in [-0.3, -0.25) is 4.90 Å². The lowest BCUT2D eigenvalue weighted by atomic mass is 9.95. The molecule has 2 atom stereocenters. The standard InChI is InChI=1S/C11H17NS/c1-9-7-10(2)12(9)5-3-11-4-6-13-8-11/h4,6,8-10H,3,5,7H2,1-2H3. The lowest BCUT2D eigenvalue weighted by molar-refractivity contribution is 0.0395. The molecule has 2 heterocycles. The van der Waals surface area contributed by atoms with Crippen molar-refractivity contribution in [3.8, 4) is 0 Å². The minimum Gasteiger partial charge on any atom is -0.298 e. The molecule has 2 rings (SSSR count). The van der Waals surface area contributed by atoms with E-state index >= 15 is 0 Å². The molecule has 1 aromatic heterocycles. The van der Waals surface area contributed by atoms with E-state index in [1.807, 2.05) is 0 Å². The Labute approximate surface area is 84.4 Å². The van der Waals surface area contributed by atoms with Gasteiger partial charge in [-0.05, 0) is 49.1 Å². The predicted octanol–water partition coefficient (Wildman–Crippen LogP) is 2.77. The fourth-order valence-electron chi connectivity index (χ4n) is 2.19. The van der Waals surface area contributed by atoms with Crippen molar-refractivity contribution >= 4 is 11.3 Å². The summed E-state index contributed by atoms with van der Waals surface area (Å²) in [5.74, 6) is 0. The van der Waals surface area contributed by atoms with Crippen LogP contribution >= 0.6 is 11.3 Å². The monoisotopic (exact) mass is 195 g/mol. The Kier molecular flexibility index (Phi) is 2.70. The number of rotatable bonds is 3. The average Bonchev–Trinajstić information content (AvgIpc) is 2.57. The summed E-state index contributed by atoms with van der Waals surface area (Å²) in [4.78, 5) is 2.59. The first kappa shape index (κ1) is 9.22. The van der Waals surface area contributed by atoms with Crippen molar-refractivity contribution in [2.45, 2.75) is 38.8 Å². The van der Waals surface area contributed by atoms with Crippen molar-refractivity contribution in [2.24, 2.45) is 0 Å². The average molecular weight is 195 g/mol. The van der Waals surface area contributed by atoms with Crippen molar-refractivity contribution in [3.05, 3.63) is 22.4 Å². The molecule has 0 saturated carbocycles. The Morgan fingerprint density at radius 2 is 2.23 bits per heavy atom. The third-order valence-electron chi connectivity index (χ3n) is 3.05. The second-order valence-corrected chi connectivity index (χ2v) is 4.83. The molecule has 0 amide bonds. The maximum Gasteiger partial charge on any atom is 0.00846 e. The molecule has 0 aliphatic carbocycles. The van der Waals surface area contributed by atoms with Gasteiger partial charge in [0.25, 0.3) is 0 Å². The van der Waals surface area contributed by atoms with Crippen LogP contribution < -0.4 is 0 Å². The van der Waals surface area contributed by atoms with Crippen LogP contribution in [-0.2, 0) is 6.42 Å². The first-order chi connectivity index (χ1) is 6.27. The van der Waals surface area contributed by atoms with Gasteiger partial charge in [-0.15, -0.1) is 0 Å². The van der Waals surface area contributed by atoms with Crippen molar-refractivity contribution in [3.63, 3.8) is 0 Å². The van der Waals surface area contributed by atoms with Crippen LogP contribution in [0, 0.1) is 0 Å². The Balaban J connectivity index is 1.80. The first-order valence-electron chi connectivity index (χ1n) is 5.04. The summed E-state index contributed by atoms with van der Waals surface area (Å²) >= 11 is 1.80. The summed E-state index contributed by atoms with van der Waals surface area (Å²) in [5.41, 5.74) is 1.50. The second-order valence-electron chi connectivity index (χ2n) is 4.05. The largest absolute Gasteiger partial charge is 0.298 e. The Morgan fingerprint density at radius 3 is 2.77 bits per heavy atom. The van der Waals surface area contributed by atoms with E-state index in [2.05, 4.69) is 35.6 Å². The fourth-order valence-corrected chi connectivity index (χ4v) is 2.90. The summed E-state index contributed by atoms with van der Waals surface area (Å²) in [5, 5.41) is 4.42. The van der Waals surface area contributed by atoms with Gasteiger partial charge in [0.2, 0.25) is 0 Å². The van der Waals surface area contributed by atoms with Crippen LogP contribution in [0.4, 0.5) is 0 Å². The van der Waals surface area contributed by atoms with Crippen LogP contribution in [0.25, 0.3) is 0 Å².